The van der Waals surface area contributed by atoms with Crippen LogP contribution in [0.25, 0.3) is 16.8 Å². The standard InChI is InChI=1S/C20H16O/c21-20-17-10-4-2-7-15(17)12-13-19(20)18-11-5-8-14-6-1-3-9-16(14)18/h1-13,19-21H/t19-,20-/m1/s1. The lowest BCUT2D eigenvalue weighted by atomic mass is 9.81. The van der Waals surface area contributed by atoms with Crippen molar-refractivity contribution in [2.24, 2.45) is 0 Å². The molecule has 102 valence electrons. The van der Waals surface area contributed by atoms with Gasteiger partial charge in [-0.3, -0.25) is 0 Å². The van der Waals surface area contributed by atoms with E-state index >= 15 is 0 Å². The zero-order valence-corrected chi connectivity index (χ0v) is 11.6. The first kappa shape index (κ1) is 12.4. The van der Waals surface area contributed by atoms with Crippen molar-refractivity contribution in [2.45, 2.75) is 12.0 Å². The first-order valence-electron chi connectivity index (χ1n) is 7.27. The van der Waals surface area contributed by atoms with Crippen LogP contribution in [0.3, 0.4) is 0 Å². The molecule has 21 heavy (non-hydrogen) atoms. The molecule has 0 radical (unpaired) electrons. The molecule has 0 amide bonds. The lowest BCUT2D eigenvalue weighted by molar-refractivity contribution is 0.161. The molecule has 1 aliphatic carbocycles. The topological polar surface area (TPSA) is 20.2 Å². The lowest BCUT2D eigenvalue weighted by Crippen LogP contribution is -2.13. The average Bonchev–Trinajstić information content (AvgIpc) is 2.55. The van der Waals surface area contributed by atoms with Gasteiger partial charge in [0.25, 0.3) is 0 Å². The van der Waals surface area contributed by atoms with Crippen LogP contribution in [0.4, 0.5) is 0 Å². The van der Waals surface area contributed by atoms with E-state index in [0.29, 0.717) is 0 Å². The molecule has 3 aromatic rings. The van der Waals surface area contributed by atoms with Crippen LogP contribution >= 0.6 is 0 Å². The van der Waals surface area contributed by atoms with E-state index in [9.17, 15) is 5.11 Å². The molecular weight excluding hydrogens is 256 g/mol. The number of hydrogen-bond donors (Lipinski definition) is 1. The minimum Gasteiger partial charge on any atom is -0.387 e. The highest BCUT2D eigenvalue weighted by atomic mass is 16.3. The fourth-order valence-electron chi connectivity index (χ4n) is 3.25. The molecule has 0 saturated heterocycles. The summed E-state index contributed by atoms with van der Waals surface area (Å²) < 4.78 is 0. The molecule has 1 nitrogen and oxygen atoms in total. The Morgan fingerprint density at radius 1 is 0.714 bits per heavy atom. The highest BCUT2D eigenvalue weighted by molar-refractivity contribution is 5.86. The summed E-state index contributed by atoms with van der Waals surface area (Å²) in [6, 6.07) is 22.7. The molecule has 0 aromatic heterocycles. The van der Waals surface area contributed by atoms with Crippen molar-refractivity contribution in [3.63, 3.8) is 0 Å². The summed E-state index contributed by atoms with van der Waals surface area (Å²) >= 11 is 0. The number of hydrogen-bond acceptors (Lipinski definition) is 1. The van der Waals surface area contributed by atoms with Crippen LogP contribution < -0.4 is 0 Å². The van der Waals surface area contributed by atoms with Crippen molar-refractivity contribution in [3.8, 4) is 0 Å². The van der Waals surface area contributed by atoms with E-state index in [2.05, 4.69) is 54.6 Å². The van der Waals surface area contributed by atoms with Gasteiger partial charge in [-0.2, -0.15) is 0 Å². The van der Waals surface area contributed by atoms with Gasteiger partial charge in [0, 0.05) is 5.92 Å². The van der Waals surface area contributed by atoms with Gasteiger partial charge in [-0.05, 0) is 27.5 Å². The number of aliphatic hydroxyl groups excluding tert-OH is 1. The van der Waals surface area contributed by atoms with Crippen molar-refractivity contribution >= 4 is 16.8 Å². The van der Waals surface area contributed by atoms with Gasteiger partial charge in [-0.1, -0.05) is 78.9 Å². The van der Waals surface area contributed by atoms with Crippen molar-refractivity contribution < 1.29 is 5.11 Å². The van der Waals surface area contributed by atoms with Crippen molar-refractivity contribution in [1.82, 2.24) is 0 Å². The summed E-state index contributed by atoms with van der Waals surface area (Å²) in [5.74, 6) is 0.00556. The second-order valence-corrected chi connectivity index (χ2v) is 5.53. The average molecular weight is 272 g/mol. The monoisotopic (exact) mass is 272 g/mol. The quantitative estimate of drug-likeness (QED) is 0.681. The minimum absolute atomic E-state index is 0.00556. The molecule has 0 heterocycles. The van der Waals surface area contributed by atoms with Crippen LogP contribution in [-0.4, -0.2) is 5.11 Å². The Kier molecular flexibility index (Phi) is 2.87. The zero-order chi connectivity index (χ0) is 14.2. The van der Waals surface area contributed by atoms with Gasteiger partial charge in [0.2, 0.25) is 0 Å². The highest BCUT2D eigenvalue weighted by Crippen LogP contribution is 2.40. The van der Waals surface area contributed by atoms with Crippen LogP contribution in [0.5, 0.6) is 0 Å². The van der Waals surface area contributed by atoms with E-state index in [0.717, 1.165) is 11.1 Å². The fraction of sp³-hybridized carbons (Fsp3) is 0.100. The molecule has 0 unspecified atom stereocenters. The summed E-state index contributed by atoms with van der Waals surface area (Å²) in [7, 11) is 0. The molecule has 0 fully saturated rings. The van der Waals surface area contributed by atoms with Crippen LogP contribution in [0.15, 0.2) is 72.8 Å². The molecule has 4 rings (SSSR count). The van der Waals surface area contributed by atoms with Crippen LogP contribution in [0.1, 0.15) is 28.7 Å². The molecular formula is C20H16O. The Morgan fingerprint density at radius 3 is 2.38 bits per heavy atom. The van der Waals surface area contributed by atoms with E-state index < -0.39 is 6.10 Å². The molecule has 2 atom stereocenters. The number of benzene rings is 3. The Hall–Kier alpha value is -2.38. The third-order valence-corrected chi connectivity index (χ3v) is 4.32. The summed E-state index contributed by atoms with van der Waals surface area (Å²) in [6.07, 6.45) is 3.75. The first-order chi connectivity index (χ1) is 10.3. The van der Waals surface area contributed by atoms with E-state index in [-0.39, 0.29) is 5.92 Å². The molecule has 1 heteroatoms. The Bertz CT molecular complexity index is 827. The van der Waals surface area contributed by atoms with Gasteiger partial charge in [0.1, 0.15) is 0 Å². The maximum absolute atomic E-state index is 10.8. The Balaban J connectivity index is 1.88. The summed E-state index contributed by atoms with van der Waals surface area (Å²) in [5.41, 5.74) is 3.31. The smallest absolute Gasteiger partial charge is 0.0899 e. The van der Waals surface area contributed by atoms with Crippen LogP contribution in [-0.2, 0) is 0 Å². The van der Waals surface area contributed by atoms with Crippen molar-refractivity contribution in [2.75, 3.05) is 0 Å². The summed E-state index contributed by atoms with van der Waals surface area (Å²) in [5, 5.41) is 13.2. The van der Waals surface area contributed by atoms with Gasteiger partial charge in [0.15, 0.2) is 0 Å². The third kappa shape index (κ3) is 1.98. The maximum atomic E-state index is 10.8. The largest absolute Gasteiger partial charge is 0.387 e. The SMILES string of the molecule is O[C@@H]1c2ccccc2C=C[C@@H]1c1cccc2ccccc12. The third-order valence-electron chi connectivity index (χ3n) is 4.32. The highest BCUT2D eigenvalue weighted by Gasteiger charge is 2.26. The maximum Gasteiger partial charge on any atom is 0.0899 e. The van der Waals surface area contributed by atoms with E-state index in [1.165, 1.54) is 16.3 Å². The van der Waals surface area contributed by atoms with Gasteiger partial charge in [0.05, 0.1) is 6.10 Å². The summed E-state index contributed by atoms with van der Waals surface area (Å²) in [4.78, 5) is 0. The normalized spacial score (nSPS) is 20.4. The van der Waals surface area contributed by atoms with Crippen LogP contribution in [0, 0.1) is 0 Å². The first-order valence-corrected chi connectivity index (χ1v) is 7.27. The van der Waals surface area contributed by atoms with Crippen molar-refractivity contribution in [1.29, 1.82) is 0 Å². The van der Waals surface area contributed by atoms with Crippen molar-refractivity contribution in [3.05, 3.63) is 89.5 Å². The second kappa shape index (κ2) is 4.87. The Labute approximate surface area is 124 Å². The number of fused-ring (bicyclic) bond motifs is 2. The second-order valence-electron chi connectivity index (χ2n) is 5.53. The van der Waals surface area contributed by atoms with Gasteiger partial charge in [-0.15, -0.1) is 0 Å². The molecule has 0 spiro atoms. The number of aliphatic hydroxyl groups is 1. The van der Waals surface area contributed by atoms with E-state index in [1.807, 2.05) is 24.3 Å². The lowest BCUT2D eigenvalue weighted by Gasteiger charge is -2.27. The molecule has 0 saturated carbocycles. The molecule has 0 aliphatic heterocycles. The molecule has 3 aromatic carbocycles. The number of rotatable bonds is 1. The molecule has 1 N–H and O–H groups in total. The molecule has 1 aliphatic rings. The van der Waals surface area contributed by atoms with Crippen LogP contribution in [0.2, 0.25) is 0 Å². The molecule has 0 bridgehead atoms. The minimum atomic E-state index is -0.489. The predicted octanol–water partition coefficient (Wildman–Crippen LogP) is 4.68. The van der Waals surface area contributed by atoms with E-state index in [1.54, 1.807) is 0 Å². The van der Waals surface area contributed by atoms with Gasteiger partial charge < -0.3 is 5.11 Å². The van der Waals surface area contributed by atoms with Gasteiger partial charge in [-0.25, -0.2) is 0 Å². The predicted molar refractivity (Wildman–Crippen MR) is 87.1 cm³/mol. The summed E-state index contributed by atoms with van der Waals surface area (Å²) in [6.45, 7) is 0. The fourth-order valence-corrected chi connectivity index (χ4v) is 3.25. The van der Waals surface area contributed by atoms with Gasteiger partial charge >= 0.3 is 0 Å². The van der Waals surface area contributed by atoms with E-state index in [4.69, 9.17) is 0 Å². The zero-order valence-electron chi connectivity index (χ0n) is 11.6. The Morgan fingerprint density at radius 2 is 1.43 bits per heavy atom.